The van der Waals surface area contributed by atoms with Crippen molar-refractivity contribution >= 4 is 56.7 Å². The number of aromatic amines is 1. The SMILES string of the molecule is CC(C)(C)C(=O)OCOC(=O)C1N2C(=O)C(Nc3nc4ccccc4[nH]3)[C@H]2SC1(C)C.Cc1ccc(S(=O)(=O)O)cc1. The second-order valence-corrected chi connectivity index (χ2v) is 14.7. The van der Waals surface area contributed by atoms with Gasteiger partial charge in [0.2, 0.25) is 18.6 Å². The minimum atomic E-state index is -4.02. The van der Waals surface area contributed by atoms with Crippen LogP contribution in [0.1, 0.15) is 40.2 Å². The number of fused-ring (bicyclic) bond motifs is 2. The number of hydrogen-bond donors (Lipinski definition) is 3. The fraction of sp³-hybridized carbons (Fsp3) is 0.429. The largest absolute Gasteiger partial charge is 0.427 e. The van der Waals surface area contributed by atoms with Gasteiger partial charge in [0, 0.05) is 4.75 Å². The first kappa shape index (κ1) is 31.3. The van der Waals surface area contributed by atoms with Gasteiger partial charge < -0.3 is 24.7 Å². The number of H-pyrrole nitrogens is 1. The van der Waals surface area contributed by atoms with Crippen molar-refractivity contribution < 1.29 is 36.8 Å². The number of thioether (sulfide) groups is 1. The zero-order valence-electron chi connectivity index (χ0n) is 24.1. The summed E-state index contributed by atoms with van der Waals surface area (Å²) in [5.74, 6) is -0.736. The molecular formula is C28H34N4O8S2. The number of β-lactam (4-membered cyclic amide) rings is 1. The van der Waals surface area contributed by atoms with Crippen molar-refractivity contribution in [2.24, 2.45) is 5.41 Å². The van der Waals surface area contributed by atoms with E-state index in [0.717, 1.165) is 16.6 Å². The Balaban J connectivity index is 0.000000310. The van der Waals surface area contributed by atoms with Crippen LogP contribution in [0.15, 0.2) is 53.4 Å². The predicted molar refractivity (Wildman–Crippen MR) is 157 cm³/mol. The fourth-order valence-electron chi connectivity index (χ4n) is 4.44. The number of ether oxygens (including phenoxy) is 2. The molecule has 2 aliphatic heterocycles. The van der Waals surface area contributed by atoms with Gasteiger partial charge >= 0.3 is 11.9 Å². The minimum absolute atomic E-state index is 0.0666. The second-order valence-electron chi connectivity index (χ2n) is 11.5. The molecule has 0 radical (unpaired) electrons. The molecular weight excluding hydrogens is 584 g/mol. The summed E-state index contributed by atoms with van der Waals surface area (Å²) in [5.41, 5.74) is 1.94. The van der Waals surface area contributed by atoms with E-state index >= 15 is 0 Å². The van der Waals surface area contributed by atoms with Crippen LogP contribution in [0, 0.1) is 12.3 Å². The summed E-state index contributed by atoms with van der Waals surface area (Å²) in [5, 5.41) is 2.93. The summed E-state index contributed by atoms with van der Waals surface area (Å²) in [7, 11) is -4.02. The number of aryl methyl sites for hydroxylation is 1. The highest BCUT2D eigenvalue weighted by Gasteiger charge is 2.64. The Bertz CT molecular complexity index is 1560. The van der Waals surface area contributed by atoms with Crippen LogP contribution < -0.4 is 5.32 Å². The zero-order chi connectivity index (χ0) is 31.0. The van der Waals surface area contributed by atoms with Crippen LogP contribution in [-0.4, -0.2) is 74.7 Å². The summed E-state index contributed by atoms with van der Waals surface area (Å²) in [6.07, 6.45) is 0. The minimum Gasteiger partial charge on any atom is -0.427 e. The third kappa shape index (κ3) is 6.71. The molecule has 5 rings (SSSR count). The van der Waals surface area contributed by atoms with Crippen molar-refractivity contribution in [1.29, 1.82) is 0 Å². The molecule has 0 saturated carbocycles. The summed E-state index contributed by atoms with van der Waals surface area (Å²) in [6.45, 7) is 10.3. The average molecular weight is 619 g/mol. The van der Waals surface area contributed by atoms with Gasteiger partial charge in [-0.05, 0) is 65.8 Å². The first-order valence-electron chi connectivity index (χ1n) is 13.1. The van der Waals surface area contributed by atoms with Gasteiger partial charge in [0.15, 0.2) is 0 Å². The van der Waals surface area contributed by atoms with E-state index in [1.54, 1.807) is 37.8 Å². The number of amides is 1. The Hall–Kier alpha value is -3.62. The van der Waals surface area contributed by atoms with Crippen LogP contribution in [-0.2, 0) is 34.0 Å². The Kier molecular flexibility index (Phi) is 8.63. The van der Waals surface area contributed by atoms with Crippen molar-refractivity contribution in [3.05, 3.63) is 54.1 Å². The van der Waals surface area contributed by atoms with Crippen LogP contribution in [0.5, 0.6) is 0 Å². The topological polar surface area (TPSA) is 168 Å². The molecule has 42 heavy (non-hydrogen) atoms. The van der Waals surface area contributed by atoms with Crippen LogP contribution in [0.2, 0.25) is 0 Å². The molecule has 12 nitrogen and oxygen atoms in total. The number of aromatic nitrogens is 2. The van der Waals surface area contributed by atoms with Crippen molar-refractivity contribution in [1.82, 2.24) is 14.9 Å². The van der Waals surface area contributed by atoms with Gasteiger partial charge in [-0.25, -0.2) is 9.78 Å². The molecule has 2 fully saturated rings. The highest BCUT2D eigenvalue weighted by molar-refractivity contribution is 8.01. The van der Waals surface area contributed by atoms with E-state index in [0.29, 0.717) is 5.95 Å². The maximum absolute atomic E-state index is 12.9. The molecule has 2 aromatic carbocycles. The fourth-order valence-corrected chi connectivity index (χ4v) is 6.54. The van der Waals surface area contributed by atoms with Gasteiger partial charge in [0.25, 0.3) is 10.1 Å². The molecule has 2 aliphatic rings. The summed E-state index contributed by atoms with van der Waals surface area (Å²) < 4.78 is 39.2. The summed E-state index contributed by atoms with van der Waals surface area (Å²) in [6, 6.07) is 12.3. The molecule has 3 aromatic rings. The number of carbonyl (C=O) groups excluding carboxylic acids is 3. The number of nitrogens with zero attached hydrogens (tertiary/aromatic N) is 2. The molecule has 2 saturated heterocycles. The Morgan fingerprint density at radius 1 is 1.12 bits per heavy atom. The van der Waals surface area contributed by atoms with E-state index in [1.165, 1.54) is 23.9 Å². The van der Waals surface area contributed by atoms with Gasteiger partial charge in [-0.3, -0.25) is 14.1 Å². The van der Waals surface area contributed by atoms with E-state index in [9.17, 15) is 22.8 Å². The van der Waals surface area contributed by atoms with Crippen molar-refractivity contribution in [2.75, 3.05) is 12.1 Å². The van der Waals surface area contributed by atoms with Gasteiger partial charge in [0.05, 0.1) is 21.3 Å². The zero-order valence-corrected chi connectivity index (χ0v) is 25.7. The number of esters is 2. The van der Waals surface area contributed by atoms with Crippen LogP contribution in [0.4, 0.5) is 5.95 Å². The number of imidazole rings is 1. The Morgan fingerprint density at radius 3 is 2.36 bits per heavy atom. The molecule has 14 heteroatoms. The first-order valence-corrected chi connectivity index (χ1v) is 15.4. The lowest BCUT2D eigenvalue weighted by molar-refractivity contribution is -0.179. The van der Waals surface area contributed by atoms with Gasteiger partial charge in [-0.1, -0.05) is 29.8 Å². The quantitative estimate of drug-likeness (QED) is 0.159. The highest BCUT2D eigenvalue weighted by Crippen LogP contribution is 2.51. The van der Waals surface area contributed by atoms with Crippen molar-refractivity contribution in [3.8, 4) is 0 Å². The molecule has 3 heterocycles. The smallest absolute Gasteiger partial charge is 0.333 e. The highest BCUT2D eigenvalue weighted by atomic mass is 32.2. The predicted octanol–water partition coefficient (Wildman–Crippen LogP) is 3.74. The van der Waals surface area contributed by atoms with E-state index in [2.05, 4.69) is 15.3 Å². The number of anilines is 1. The van der Waals surface area contributed by atoms with E-state index in [1.807, 2.05) is 45.0 Å². The number of para-hydroxylation sites is 2. The Morgan fingerprint density at radius 2 is 1.76 bits per heavy atom. The number of hydrogen-bond acceptors (Lipinski definition) is 10. The third-order valence-corrected chi connectivity index (χ3v) is 9.11. The molecule has 2 unspecified atom stereocenters. The standard InChI is InChI=1S/C21H26N4O5S.C7H8O3S/c1-20(2,3)18(28)30-10-29-17(27)14-21(4,5)31-16-13(15(26)25(14)16)24-19-22-11-8-6-7-9-12(11)23-19;1-6-2-4-7(5-3-6)11(8,9)10/h6-9,13-14,16H,10H2,1-5H3,(H2,22,23,24);2-5H,1H3,(H,8,9,10)/t13?,14?,16-;/m1./s1. The van der Waals surface area contributed by atoms with E-state index in [4.69, 9.17) is 14.0 Å². The lowest BCUT2D eigenvalue weighted by Gasteiger charge is -2.43. The average Bonchev–Trinajstić information content (AvgIpc) is 3.42. The first-order chi connectivity index (χ1) is 19.5. The number of rotatable bonds is 6. The van der Waals surface area contributed by atoms with Gasteiger partial charge in [-0.15, -0.1) is 11.8 Å². The van der Waals surface area contributed by atoms with Crippen LogP contribution in [0.3, 0.4) is 0 Å². The molecule has 3 atom stereocenters. The van der Waals surface area contributed by atoms with E-state index < -0.39 is 51.1 Å². The molecule has 1 amide bonds. The second kappa shape index (κ2) is 11.6. The molecule has 0 bridgehead atoms. The summed E-state index contributed by atoms with van der Waals surface area (Å²) >= 11 is 1.53. The maximum atomic E-state index is 12.9. The van der Waals surface area contributed by atoms with Crippen molar-refractivity contribution in [3.63, 3.8) is 0 Å². The lowest BCUT2D eigenvalue weighted by Crippen LogP contribution is -2.68. The number of nitrogens with one attached hydrogen (secondary N) is 2. The molecule has 226 valence electrons. The van der Waals surface area contributed by atoms with Crippen molar-refractivity contribution in [2.45, 2.75) is 68.6 Å². The molecule has 3 N–H and O–H groups in total. The van der Waals surface area contributed by atoms with Crippen LogP contribution >= 0.6 is 11.8 Å². The normalized spacial score (nSPS) is 21.1. The molecule has 0 aliphatic carbocycles. The number of benzene rings is 2. The Labute approximate surface area is 248 Å². The number of carbonyl (C=O) groups is 3. The van der Waals surface area contributed by atoms with Crippen LogP contribution in [0.25, 0.3) is 11.0 Å². The van der Waals surface area contributed by atoms with Gasteiger partial charge in [-0.2, -0.15) is 8.42 Å². The molecule has 1 aromatic heterocycles. The third-order valence-electron chi connectivity index (χ3n) is 6.67. The lowest BCUT2D eigenvalue weighted by atomic mass is 9.96. The van der Waals surface area contributed by atoms with Gasteiger partial charge in [0.1, 0.15) is 17.5 Å². The monoisotopic (exact) mass is 618 g/mol. The summed E-state index contributed by atoms with van der Waals surface area (Å²) in [4.78, 5) is 46.6. The maximum Gasteiger partial charge on any atom is 0.333 e. The van der Waals surface area contributed by atoms with E-state index in [-0.39, 0.29) is 16.2 Å². The molecule has 0 spiro atoms.